The highest BCUT2D eigenvalue weighted by atomic mass is 32.1. The van der Waals surface area contributed by atoms with Gasteiger partial charge in [0.05, 0.1) is 11.6 Å². The van der Waals surface area contributed by atoms with E-state index < -0.39 is 0 Å². The van der Waals surface area contributed by atoms with Gasteiger partial charge in [0, 0.05) is 11.5 Å². The van der Waals surface area contributed by atoms with Crippen LogP contribution in [0.15, 0.2) is 17.5 Å². The number of aryl methyl sites for hydroxylation is 1. The first-order valence-corrected chi connectivity index (χ1v) is 8.31. The van der Waals surface area contributed by atoms with Gasteiger partial charge in [-0.1, -0.05) is 25.3 Å². The maximum atomic E-state index is 6.15. The van der Waals surface area contributed by atoms with E-state index in [0.29, 0.717) is 0 Å². The minimum absolute atomic E-state index is 0.0426. The number of hydrogen-bond donors (Lipinski definition) is 2. The zero-order valence-electron chi connectivity index (χ0n) is 11.9. The molecule has 108 valence electrons. The average Bonchev–Trinajstić information content (AvgIpc) is 2.94. The highest BCUT2D eigenvalue weighted by Crippen LogP contribution is 2.36. The lowest BCUT2D eigenvalue weighted by atomic mass is 9.77. The molecule has 19 heavy (non-hydrogen) atoms. The van der Waals surface area contributed by atoms with Crippen LogP contribution in [-0.4, -0.2) is 18.2 Å². The van der Waals surface area contributed by atoms with Crippen LogP contribution in [0.25, 0.3) is 0 Å². The van der Waals surface area contributed by atoms with Crippen LogP contribution < -0.4 is 11.3 Å². The van der Waals surface area contributed by atoms with E-state index in [0.717, 1.165) is 32.3 Å². The number of hydrazine groups is 1. The van der Waals surface area contributed by atoms with Gasteiger partial charge in [0.1, 0.15) is 0 Å². The molecule has 0 radical (unpaired) electrons. The number of ether oxygens (including phenoxy) is 1. The van der Waals surface area contributed by atoms with Crippen molar-refractivity contribution in [2.45, 2.75) is 63.5 Å². The first-order valence-electron chi connectivity index (χ1n) is 7.43. The number of nitrogens with two attached hydrogens (primary N) is 1. The Morgan fingerprint density at radius 3 is 2.79 bits per heavy atom. The molecule has 1 aliphatic rings. The summed E-state index contributed by atoms with van der Waals surface area (Å²) in [5.41, 5.74) is 3.00. The molecular weight excluding hydrogens is 256 g/mol. The Balaban J connectivity index is 1.99. The van der Waals surface area contributed by atoms with E-state index in [1.165, 1.54) is 24.1 Å². The van der Waals surface area contributed by atoms with Crippen molar-refractivity contribution in [1.82, 2.24) is 5.43 Å². The zero-order valence-corrected chi connectivity index (χ0v) is 12.7. The van der Waals surface area contributed by atoms with E-state index in [4.69, 9.17) is 10.6 Å². The maximum absolute atomic E-state index is 6.15. The molecule has 0 spiro atoms. The molecule has 1 saturated carbocycles. The summed E-state index contributed by atoms with van der Waals surface area (Å²) >= 11 is 1.82. The molecule has 3 N–H and O–H groups in total. The molecule has 1 heterocycles. The van der Waals surface area contributed by atoms with Crippen molar-refractivity contribution in [1.29, 1.82) is 0 Å². The number of nitrogens with one attached hydrogen (secondary N) is 1. The lowest BCUT2D eigenvalue weighted by molar-refractivity contribution is -0.0914. The van der Waals surface area contributed by atoms with Crippen molar-refractivity contribution < 1.29 is 4.74 Å². The Kier molecular flexibility index (Phi) is 5.82. The fourth-order valence-corrected chi connectivity index (χ4v) is 4.00. The third kappa shape index (κ3) is 3.78. The van der Waals surface area contributed by atoms with Crippen molar-refractivity contribution in [2.24, 2.45) is 5.84 Å². The molecule has 1 fully saturated rings. The van der Waals surface area contributed by atoms with Crippen LogP contribution >= 0.6 is 11.3 Å². The Morgan fingerprint density at radius 1 is 1.42 bits per heavy atom. The molecule has 1 aromatic rings. The van der Waals surface area contributed by atoms with Gasteiger partial charge in [0.2, 0.25) is 0 Å². The molecule has 0 aromatic carbocycles. The van der Waals surface area contributed by atoms with Gasteiger partial charge < -0.3 is 4.74 Å². The summed E-state index contributed by atoms with van der Waals surface area (Å²) in [6.07, 6.45) is 8.27. The Labute approximate surface area is 120 Å². The second-order valence-electron chi connectivity index (χ2n) is 5.40. The lowest BCUT2D eigenvalue weighted by Crippen LogP contribution is -2.56. The molecule has 4 heteroatoms. The van der Waals surface area contributed by atoms with Crippen LogP contribution in [0.3, 0.4) is 0 Å². The second kappa shape index (κ2) is 7.39. The molecule has 0 amide bonds. The zero-order chi connectivity index (χ0) is 13.6. The lowest BCUT2D eigenvalue weighted by Gasteiger charge is -2.43. The SMILES string of the molecule is CCOC1(C(CCc2cccs2)NN)CCCCC1. The standard InChI is InChI=1S/C15H26N2OS/c1-2-18-15(10-4-3-5-11-15)14(17-16)9-8-13-7-6-12-19-13/h6-7,12,14,17H,2-5,8-11,16H2,1H3. The largest absolute Gasteiger partial charge is 0.374 e. The molecule has 1 aliphatic carbocycles. The van der Waals surface area contributed by atoms with Crippen molar-refractivity contribution in [3.05, 3.63) is 22.4 Å². The number of rotatable bonds is 7. The van der Waals surface area contributed by atoms with Crippen molar-refractivity contribution >= 4 is 11.3 Å². The van der Waals surface area contributed by atoms with Crippen LogP contribution in [0, 0.1) is 0 Å². The monoisotopic (exact) mass is 282 g/mol. The number of hydrogen-bond acceptors (Lipinski definition) is 4. The van der Waals surface area contributed by atoms with Gasteiger partial charge in [-0.05, 0) is 44.1 Å². The van der Waals surface area contributed by atoms with Crippen molar-refractivity contribution in [2.75, 3.05) is 6.61 Å². The highest BCUT2D eigenvalue weighted by molar-refractivity contribution is 7.09. The molecule has 1 unspecified atom stereocenters. The first-order chi connectivity index (χ1) is 9.30. The van der Waals surface area contributed by atoms with Gasteiger partial charge in [-0.2, -0.15) is 0 Å². The van der Waals surface area contributed by atoms with E-state index in [1.807, 2.05) is 11.3 Å². The van der Waals surface area contributed by atoms with E-state index in [1.54, 1.807) is 0 Å². The van der Waals surface area contributed by atoms with E-state index in [9.17, 15) is 0 Å². The van der Waals surface area contributed by atoms with E-state index in [2.05, 4.69) is 29.9 Å². The highest BCUT2D eigenvalue weighted by Gasteiger charge is 2.39. The maximum Gasteiger partial charge on any atom is 0.0848 e. The van der Waals surface area contributed by atoms with Crippen molar-refractivity contribution in [3.63, 3.8) is 0 Å². The summed E-state index contributed by atoms with van der Waals surface area (Å²) in [6, 6.07) is 4.57. The van der Waals surface area contributed by atoms with Crippen LogP contribution in [-0.2, 0) is 11.2 Å². The van der Waals surface area contributed by atoms with Crippen LogP contribution in [0.2, 0.25) is 0 Å². The molecule has 2 rings (SSSR count). The molecule has 0 saturated heterocycles. The van der Waals surface area contributed by atoms with Gasteiger partial charge in [0.15, 0.2) is 0 Å². The summed E-state index contributed by atoms with van der Waals surface area (Å²) < 4.78 is 6.15. The first kappa shape index (κ1) is 15.0. The third-order valence-corrected chi connectivity index (χ3v) is 5.16. The Morgan fingerprint density at radius 2 is 2.21 bits per heavy atom. The van der Waals surface area contributed by atoms with E-state index in [-0.39, 0.29) is 11.6 Å². The predicted octanol–water partition coefficient (Wildman–Crippen LogP) is 3.25. The van der Waals surface area contributed by atoms with Crippen LogP contribution in [0.1, 0.15) is 50.3 Å². The summed E-state index contributed by atoms with van der Waals surface area (Å²) in [5, 5.41) is 2.14. The molecule has 0 aliphatic heterocycles. The summed E-state index contributed by atoms with van der Waals surface area (Å²) in [6.45, 7) is 2.86. The molecule has 1 aromatic heterocycles. The topological polar surface area (TPSA) is 47.3 Å². The van der Waals surface area contributed by atoms with Crippen molar-refractivity contribution in [3.8, 4) is 0 Å². The molecule has 1 atom stereocenters. The smallest absolute Gasteiger partial charge is 0.0848 e. The third-order valence-electron chi connectivity index (χ3n) is 4.23. The summed E-state index contributed by atoms with van der Waals surface area (Å²) in [4.78, 5) is 1.43. The molecular formula is C15H26N2OS. The Hall–Kier alpha value is -0.420. The summed E-state index contributed by atoms with van der Waals surface area (Å²) in [5.74, 6) is 5.83. The summed E-state index contributed by atoms with van der Waals surface area (Å²) in [7, 11) is 0. The Bertz CT molecular complexity index is 342. The van der Waals surface area contributed by atoms with Gasteiger partial charge in [-0.15, -0.1) is 11.3 Å². The number of thiophene rings is 1. The average molecular weight is 282 g/mol. The van der Waals surface area contributed by atoms with Gasteiger partial charge in [0.25, 0.3) is 0 Å². The van der Waals surface area contributed by atoms with Crippen LogP contribution in [0.4, 0.5) is 0 Å². The van der Waals surface area contributed by atoms with Gasteiger partial charge >= 0.3 is 0 Å². The van der Waals surface area contributed by atoms with Crippen LogP contribution in [0.5, 0.6) is 0 Å². The molecule has 3 nitrogen and oxygen atoms in total. The normalized spacial score (nSPS) is 20.3. The minimum atomic E-state index is -0.0426. The fourth-order valence-electron chi connectivity index (χ4n) is 3.27. The van der Waals surface area contributed by atoms with E-state index >= 15 is 0 Å². The molecule has 0 bridgehead atoms. The quantitative estimate of drug-likeness (QED) is 0.596. The predicted molar refractivity (Wildman–Crippen MR) is 81.2 cm³/mol. The van der Waals surface area contributed by atoms with Gasteiger partial charge in [-0.3, -0.25) is 11.3 Å². The fraction of sp³-hybridized carbons (Fsp3) is 0.733. The minimum Gasteiger partial charge on any atom is -0.374 e. The van der Waals surface area contributed by atoms with Gasteiger partial charge in [-0.25, -0.2) is 0 Å². The second-order valence-corrected chi connectivity index (χ2v) is 6.43.